The number of rotatable bonds is 5. The lowest BCUT2D eigenvalue weighted by atomic mass is 10.1. The van der Waals surface area contributed by atoms with Gasteiger partial charge >= 0.3 is 0 Å². The van der Waals surface area contributed by atoms with E-state index in [9.17, 15) is 9.90 Å². The maximum Gasteiger partial charge on any atom is 0.254 e. The molecular weight excluding hydrogens is 278 g/mol. The zero-order valence-corrected chi connectivity index (χ0v) is 12.5. The normalized spacial score (nSPS) is 13.7. The number of pyridine rings is 1. The first-order valence-corrected chi connectivity index (χ1v) is 7.44. The number of hydrogen-bond acceptors (Lipinski definition) is 4. The lowest BCUT2D eigenvalue weighted by Crippen LogP contribution is -2.21. The van der Waals surface area contributed by atoms with Crippen LogP contribution in [0.15, 0.2) is 36.4 Å². The highest BCUT2D eigenvalue weighted by Gasteiger charge is 2.22. The van der Waals surface area contributed by atoms with Crippen LogP contribution < -0.4 is 10.6 Å². The third kappa shape index (κ3) is 3.19. The number of carbonyl (C=O) groups excluding carboxylic acids is 1. The summed E-state index contributed by atoms with van der Waals surface area (Å²) in [7, 11) is 1.61. The molecule has 1 aromatic heterocycles. The van der Waals surface area contributed by atoms with Gasteiger partial charge in [0.1, 0.15) is 11.6 Å². The van der Waals surface area contributed by atoms with E-state index >= 15 is 0 Å². The van der Waals surface area contributed by atoms with Crippen LogP contribution in [-0.4, -0.2) is 29.6 Å². The van der Waals surface area contributed by atoms with Gasteiger partial charge in [0, 0.05) is 19.2 Å². The number of phenols is 1. The molecule has 5 nitrogen and oxygen atoms in total. The zero-order valence-electron chi connectivity index (χ0n) is 12.5. The number of aromatic nitrogens is 1. The molecule has 1 aromatic carbocycles. The van der Waals surface area contributed by atoms with Crippen LogP contribution in [0.1, 0.15) is 23.2 Å². The Balaban J connectivity index is 1.94. The number of amides is 1. The van der Waals surface area contributed by atoms with Crippen LogP contribution in [0.4, 0.5) is 5.82 Å². The number of anilines is 1. The predicted molar refractivity (Wildman–Crippen MR) is 85.9 cm³/mol. The Hall–Kier alpha value is -2.56. The van der Waals surface area contributed by atoms with Crippen LogP contribution in [-0.2, 0) is 0 Å². The van der Waals surface area contributed by atoms with E-state index < -0.39 is 0 Å². The fourth-order valence-corrected chi connectivity index (χ4v) is 2.30. The largest absolute Gasteiger partial charge is 0.508 e. The van der Waals surface area contributed by atoms with Crippen molar-refractivity contribution in [2.45, 2.75) is 12.8 Å². The zero-order chi connectivity index (χ0) is 15.5. The Labute approximate surface area is 129 Å². The number of nitrogens with one attached hydrogen (secondary N) is 2. The first kappa shape index (κ1) is 14.4. The summed E-state index contributed by atoms with van der Waals surface area (Å²) in [5.41, 5.74) is 2.08. The van der Waals surface area contributed by atoms with Crippen molar-refractivity contribution < 1.29 is 9.90 Å². The van der Waals surface area contributed by atoms with Crippen LogP contribution in [0.3, 0.4) is 0 Å². The second-order valence-electron chi connectivity index (χ2n) is 5.55. The molecule has 0 saturated heterocycles. The van der Waals surface area contributed by atoms with E-state index in [1.807, 2.05) is 6.07 Å². The Kier molecular flexibility index (Phi) is 3.96. The molecule has 0 bridgehead atoms. The molecule has 1 aliphatic rings. The summed E-state index contributed by atoms with van der Waals surface area (Å²) >= 11 is 0. The topological polar surface area (TPSA) is 74.2 Å². The number of carbonyl (C=O) groups is 1. The summed E-state index contributed by atoms with van der Waals surface area (Å²) in [6.07, 6.45) is 2.46. The van der Waals surface area contributed by atoms with Gasteiger partial charge in [-0.25, -0.2) is 4.98 Å². The molecule has 1 heterocycles. The van der Waals surface area contributed by atoms with Crippen LogP contribution >= 0.6 is 0 Å². The summed E-state index contributed by atoms with van der Waals surface area (Å²) in [5.74, 6) is 1.31. The average molecular weight is 297 g/mol. The molecule has 3 rings (SSSR count). The molecular formula is C17H19N3O2. The Morgan fingerprint density at radius 3 is 2.82 bits per heavy atom. The van der Waals surface area contributed by atoms with Gasteiger partial charge in [0.15, 0.2) is 0 Å². The fourth-order valence-electron chi connectivity index (χ4n) is 2.30. The molecule has 22 heavy (non-hydrogen) atoms. The van der Waals surface area contributed by atoms with Gasteiger partial charge in [0.25, 0.3) is 5.91 Å². The first-order chi connectivity index (χ1) is 10.7. The van der Waals surface area contributed by atoms with Gasteiger partial charge in [0.2, 0.25) is 0 Å². The first-order valence-electron chi connectivity index (χ1n) is 7.44. The minimum absolute atomic E-state index is 0.159. The molecule has 1 saturated carbocycles. The van der Waals surface area contributed by atoms with E-state index in [2.05, 4.69) is 15.6 Å². The van der Waals surface area contributed by atoms with Crippen LogP contribution in [0.25, 0.3) is 11.3 Å². The van der Waals surface area contributed by atoms with E-state index in [1.165, 1.54) is 12.8 Å². The molecule has 0 radical (unpaired) electrons. The summed E-state index contributed by atoms with van der Waals surface area (Å²) in [5, 5.41) is 15.5. The quantitative estimate of drug-likeness (QED) is 0.793. The molecule has 1 amide bonds. The van der Waals surface area contributed by atoms with Crippen LogP contribution in [0.5, 0.6) is 5.75 Å². The monoisotopic (exact) mass is 297 g/mol. The Morgan fingerprint density at radius 2 is 2.14 bits per heavy atom. The molecule has 1 aliphatic carbocycles. The van der Waals surface area contributed by atoms with E-state index in [-0.39, 0.29) is 11.7 Å². The molecule has 0 unspecified atom stereocenters. The van der Waals surface area contributed by atoms with Gasteiger partial charge in [0.05, 0.1) is 11.3 Å². The van der Waals surface area contributed by atoms with Gasteiger partial charge in [-0.15, -0.1) is 0 Å². The van der Waals surface area contributed by atoms with Gasteiger partial charge in [-0.2, -0.15) is 0 Å². The lowest BCUT2D eigenvalue weighted by Gasteiger charge is -2.12. The predicted octanol–water partition coefficient (Wildman–Crippen LogP) is 2.64. The minimum Gasteiger partial charge on any atom is -0.508 e. The molecule has 3 N–H and O–H groups in total. The molecule has 5 heteroatoms. The van der Waals surface area contributed by atoms with Crippen molar-refractivity contribution in [3.63, 3.8) is 0 Å². The number of nitrogens with zero attached hydrogens (tertiary/aromatic N) is 1. The van der Waals surface area contributed by atoms with Gasteiger partial charge in [-0.1, -0.05) is 12.1 Å². The highest BCUT2D eigenvalue weighted by molar-refractivity contribution is 5.99. The van der Waals surface area contributed by atoms with Gasteiger partial charge in [-0.3, -0.25) is 4.79 Å². The van der Waals surface area contributed by atoms with E-state index in [1.54, 1.807) is 37.4 Å². The molecule has 1 fully saturated rings. The van der Waals surface area contributed by atoms with Crippen molar-refractivity contribution in [2.24, 2.45) is 5.92 Å². The standard InChI is InChI=1S/C17H19N3O2/c1-18-17(22)14-7-8-15(12-3-2-4-13(21)9-12)20-16(14)19-10-11-5-6-11/h2-4,7-9,11,21H,5-6,10H2,1H3,(H,18,22)(H,19,20). The van der Waals surface area contributed by atoms with Crippen molar-refractivity contribution in [3.8, 4) is 17.0 Å². The second-order valence-corrected chi connectivity index (χ2v) is 5.55. The Morgan fingerprint density at radius 1 is 1.32 bits per heavy atom. The number of phenolic OH excluding ortho intramolecular Hbond substituents is 1. The van der Waals surface area contributed by atoms with Crippen molar-refractivity contribution in [3.05, 3.63) is 42.0 Å². The summed E-state index contributed by atoms with van der Waals surface area (Å²) < 4.78 is 0. The molecule has 114 valence electrons. The third-order valence-corrected chi connectivity index (χ3v) is 3.76. The average Bonchev–Trinajstić information content (AvgIpc) is 3.36. The summed E-state index contributed by atoms with van der Waals surface area (Å²) in [4.78, 5) is 16.5. The lowest BCUT2D eigenvalue weighted by molar-refractivity contribution is 0.0963. The van der Waals surface area contributed by atoms with E-state index in [0.29, 0.717) is 17.3 Å². The van der Waals surface area contributed by atoms with Crippen molar-refractivity contribution in [1.82, 2.24) is 10.3 Å². The smallest absolute Gasteiger partial charge is 0.254 e. The maximum atomic E-state index is 12.0. The summed E-state index contributed by atoms with van der Waals surface area (Å²) in [6.45, 7) is 0.834. The number of hydrogen-bond donors (Lipinski definition) is 3. The molecule has 2 aromatic rings. The molecule has 0 spiro atoms. The van der Waals surface area contributed by atoms with Crippen molar-refractivity contribution in [2.75, 3.05) is 18.9 Å². The van der Waals surface area contributed by atoms with E-state index in [4.69, 9.17) is 0 Å². The number of benzene rings is 1. The minimum atomic E-state index is -0.159. The van der Waals surface area contributed by atoms with E-state index in [0.717, 1.165) is 17.8 Å². The third-order valence-electron chi connectivity index (χ3n) is 3.76. The van der Waals surface area contributed by atoms with Crippen molar-refractivity contribution >= 4 is 11.7 Å². The highest BCUT2D eigenvalue weighted by atomic mass is 16.3. The maximum absolute atomic E-state index is 12.0. The van der Waals surface area contributed by atoms with Crippen LogP contribution in [0, 0.1) is 5.92 Å². The van der Waals surface area contributed by atoms with Gasteiger partial charge in [-0.05, 0) is 43.0 Å². The second kappa shape index (κ2) is 6.05. The molecule has 0 aliphatic heterocycles. The Bertz CT molecular complexity index is 696. The highest BCUT2D eigenvalue weighted by Crippen LogP contribution is 2.30. The summed E-state index contributed by atoms with van der Waals surface area (Å²) in [6, 6.07) is 10.5. The van der Waals surface area contributed by atoms with Gasteiger partial charge < -0.3 is 15.7 Å². The van der Waals surface area contributed by atoms with Crippen molar-refractivity contribution in [1.29, 1.82) is 0 Å². The van der Waals surface area contributed by atoms with Crippen LogP contribution in [0.2, 0.25) is 0 Å². The molecule has 0 atom stereocenters. The number of aromatic hydroxyl groups is 1. The fraction of sp³-hybridized carbons (Fsp3) is 0.294. The SMILES string of the molecule is CNC(=O)c1ccc(-c2cccc(O)c2)nc1NCC1CC1.